The minimum Gasteiger partial charge on any atom is -0.391 e. The molecule has 1 saturated carbocycles. The molecule has 1 fully saturated rings. The van der Waals surface area contributed by atoms with Gasteiger partial charge >= 0.3 is 0 Å². The van der Waals surface area contributed by atoms with Crippen molar-refractivity contribution in [2.24, 2.45) is 0 Å². The molecule has 1 heterocycles. The van der Waals surface area contributed by atoms with Crippen LogP contribution in [0.1, 0.15) is 37.2 Å². The van der Waals surface area contributed by atoms with E-state index >= 15 is 0 Å². The monoisotopic (exact) mass is 277 g/mol. The number of aliphatic hydroxyl groups excluding tert-OH is 1. The first-order chi connectivity index (χ1) is 9.25. The first-order valence-electron chi connectivity index (χ1n) is 6.96. The Labute approximate surface area is 117 Å². The van der Waals surface area contributed by atoms with Crippen LogP contribution >= 0.6 is 11.8 Å². The number of aliphatic hydroxyl groups is 1. The summed E-state index contributed by atoms with van der Waals surface area (Å²) in [4.78, 5) is 13.6. The number of carbonyl (C=O) groups is 1. The summed E-state index contributed by atoms with van der Waals surface area (Å²) in [5.41, 5.74) is 1.13. The Bertz CT molecular complexity index is 477. The fraction of sp³-hybridized carbons (Fsp3) is 0.533. The molecule has 3 atom stereocenters. The van der Waals surface area contributed by atoms with E-state index in [1.165, 1.54) is 4.90 Å². The molecule has 4 heteroatoms. The summed E-state index contributed by atoms with van der Waals surface area (Å²) in [6, 6.07) is 8.05. The van der Waals surface area contributed by atoms with Gasteiger partial charge in [0.1, 0.15) is 0 Å². The molecule has 3 nitrogen and oxygen atoms in total. The van der Waals surface area contributed by atoms with E-state index in [0.717, 1.165) is 37.0 Å². The number of carbonyl (C=O) groups excluding carboxylic acids is 1. The van der Waals surface area contributed by atoms with Gasteiger partial charge in [-0.15, -0.1) is 11.8 Å². The highest BCUT2D eigenvalue weighted by molar-refractivity contribution is 7.99. The normalized spacial score (nSPS) is 29.8. The quantitative estimate of drug-likeness (QED) is 0.872. The molecular weight excluding hydrogens is 258 g/mol. The van der Waals surface area contributed by atoms with E-state index in [-0.39, 0.29) is 24.0 Å². The van der Waals surface area contributed by atoms with Gasteiger partial charge in [0.25, 0.3) is 0 Å². The lowest BCUT2D eigenvalue weighted by Crippen LogP contribution is -2.46. The third-order valence-corrected chi connectivity index (χ3v) is 5.26. The van der Waals surface area contributed by atoms with Gasteiger partial charge in [0.05, 0.1) is 18.1 Å². The summed E-state index contributed by atoms with van der Waals surface area (Å²) in [6.45, 7) is 0. The van der Waals surface area contributed by atoms with E-state index in [1.54, 1.807) is 11.8 Å². The maximum absolute atomic E-state index is 12.4. The molecule has 0 aromatic heterocycles. The predicted molar refractivity (Wildman–Crippen MR) is 76.3 cm³/mol. The largest absolute Gasteiger partial charge is 0.391 e. The molecule has 2 N–H and O–H groups in total. The standard InChI is InChI=1S/C15H19NO2S/c17-13-7-3-2-6-12(13)16-15(18)11-9-19-14-8-4-1-5-10(11)14/h1,4-5,8,11-13,17H,2-3,6-7,9H2,(H,16,18)/t11?,12-,13-/m0/s1. The molecule has 1 amide bonds. The average Bonchev–Trinajstić information content (AvgIpc) is 2.85. The van der Waals surface area contributed by atoms with Gasteiger partial charge < -0.3 is 10.4 Å². The highest BCUT2D eigenvalue weighted by atomic mass is 32.2. The van der Waals surface area contributed by atoms with Crippen molar-refractivity contribution in [1.29, 1.82) is 0 Å². The lowest BCUT2D eigenvalue weighted by molar-refractivity contribution is -0.124. The zero-order valence-corrected chi connectivity index (χ0v) is 11.7. The Hall–Kier alpha value is -1.00. The van der Waals surface area contributed by atoms with Crippen LogP contribution in [-0.4, -0.2) is 28.9 Å². The molecule has 0 saturated heterocycles. The molecule has 0 bridgehead atoms. The predicted octanol–water partition coefficient (Wildman–Crippen LogP) is 2.30. The second-order valence-corrected chi connectivity index (χ2v) is 6.43. The third kappa shape index (κ3) is 2.65. The number of nitrogens with one attached hydrogen (secondary N) is 1. The van der Waals surface area contributed by atoms with E-state index in [4.69, 9.17) is 0 Å². The van der Waals surface area contributed by atoms with Crippen LogP contribution in [-0.2, 0) is 4.79 Å². The minimum atomic E-state index is -0.373. The average molecular weight is 277 g/mol. The van der Waals surface area contributed by atoms with Gasteiger partial charge in [0.2, 0.25) is 5.91 Å². The van der Waals surface area contributed by atoms with E-state index in [0.29, 0.717) is 0 Å². The summed E-state index contributed by atoms with van der Waals surface area (Å²) in [5.74, 6) is 0.826. The summed E-state index contributed by atoms with van der Waals surface area (Å²) < 4.78 is 0. The summed E-state index contributed by atoms with van der Waals surface area (Å²) >= 11 is 1.74. The molecule has 0 spiro atoms. The van der Waals surface area contributed by atoms with Crippen LogP contribution in [0.3, 0.4) is 0 Å². The number of hydrogen-bond acceptors (Lipinski definition) is 3. The number of amides is 1. The van der Waals surface area contributed by atoms with Gasteiger partial charge in [-0.3, -0.25) is 4.79 Å². The first kappa shape index (κ1) is 13.0. The van der Waals surface area contributed by atoms with Gasteiger partial charge in [0.15, 0.2) is 0 Å². The van der Waals surface area contributed by atoms with Crippen molar-refractivity contribution in [1.82, 2.24) is 5.32 Å². The van der Waals surface area contributed by atoms with E-state index in [1.807, 2.05) is 18.2 Å². The zero-order valence-electron chi connectivity index (χ0n) is 10.8. The molecule has 19 heavy (non-hydrogen) atoms. The summed E-state index contributed by atoms with van der Waals surface area (Å²) in [5, 5.41) is 13.0. The molecule has 1 aliphatic heterocycles. The number of hydrogen-bond donors (Lipinski definition) is 2. The fourth-order valence-corrected chi connectivity index (χ4v) is 4.17. The maximum Gasteiger partial charge on any atom is 0.228 e. The Kier molecular flexibility index (Phi) is 3.80. The number of benzene rings is 1. The van der Waals surface area contributed by atoms with Crippen molar-refractivity contribution < 1.29 is 9.90 Å². The van der Waals surface area contributed by atoms with Crippen molar-refractivity contribution in [2.45, 2.75) is 48.6 Å². The van der Waals surface area contributed by atoms with E-state index in [2.05, 4.69) is 11.4 Å². The topological polar surface area (TPSA) is 49.3 Å². The summed E-state index contributed by atoms with van der Waals surface area (Å²) in [6.07, 6.45) is 3.49. The fourth-order valence-electron chi connectivity index (χ4n) is 2.94. The molecule has 102 valence electrons. The zero-order chi connectivity index (χ0) is 13.2. The van der Waals surface area contributed by atoms with Gasteiger partial charge in [-0.25, -0.2) is 0 Å². The maximum atomic E-state index is 12.4. The second kappa shape index (κ2) is 5.55. The molecule has 1 unspecified atom stereocenters. The Morgan fingerprint density at radius 2 is 2.05 bits per heavy atom. The Balaban J connectivity index is 1.68. The Morgan fingerprint density at radius 3 is 2.89 bits per heavy atom. The summed E-state index contributed by atoms with van der Waals surface area (Å²) in [7, 11) is 0. The number of thioether (sulfide) groups is 1. The highest BCUT2D eigenvalue weighted by Gasteiger charge is 2.32. The van der Waals surface area contributed by atoms with Crippen molar-refractivity contribution in [2.75, 3.05) is 5.75 Å². The van der Waals surface area contributed by atoms with Gasteiger partial charge in [-0.05, 0) is 24.5 Å². The van der Waals surface area contributed by atoms with Crippen LogP contribution in [0.2, 0.25) is 0 Å². The third-order valence-electron chi connectivity index (χ3n) is 4.07. The lowest BCUT2D eigenvalue weighted by atomic mass is 9.91. The van der Waals surface area contributed by atoms with Crippen LogP contribution in [0.25, 0.3) is 0 Å². The van der Waals surface area contributed by atoms with Crippen LogP contribution in [0.15, 0.2) is 29.2 Å². The molecule has 1 aliphatic carbocycles. The van der Waals surface area contributed by atoms with Crippen LogP contribution < -0.4 is 5.32 Å². The van der Waals surface area contributed by atoms with Crippen LogP contribution in [0.5, 0.6) is 0 Å². The van der Waals surface area contributed by atoms with Crippen LogP contribution in [0.4, 0.5) is 0 Å². The lowest BCUT2D eigenvalue weighted by Gasteiger charge is -2.29. The molecule has 3 rings (SSSR count). The molecule has 0 radical (unpaired) electrons. The van der Waals surface area contributed by atoms with Crippen molar-refractivity contribution in [3.63, 3.8) is 0 Å². The highest BCUT2D eigenvalue weighted by Crippen LogP contribution is 2.39. The Morgan fingerprint density at radius 1 is 1.26 bits per heavy atom. The van der Waals surface area contributed by atoms with Gasteiger partial charge in [0, 0.05) is 10.6 Å². The van der Waals surface area contributed by atoms with Crippen molar-refractivity contribution >= 4 is 17.7 Å². The van der Waals surface area contributed by atoms with E-state index in [9.17, 15) is 9.90 Å². The van der Waals surface area contributed by atoms with Gasteiger partial charge in [-0.1, -0.05) is 31.0 Å². The second-order valence-electron chi connectivity index (χ2n) is 5.37. The van der Waals surface area contributed by atoms with Crippen molar-refractivity contribution in [3.8, 4) is 0 Å². The number of fused-ring (bicyclic) bond motifs is 1. The van der Waals surface area contributed by atoms with Crippen LogP contribution in [0, 0.1) is 0 Å². The minimum absolute atomic E-state index is 0.0565. The SMILES string of the molecule is O=C(N[C@H]1CCCC[C@@H]1O)C1CSc2ccccc21. The van der Waals surface area contributed by atoms with Crippen molar-refractivity contribution in [3.05, 3.63) is 29.8 Å². The molecular formula is C15H19NO2S. The molecule has 2 aliphatic rings. The smallest absolute Gasteiger partial charge is 0.228 e. The first-order valence-corrected chi connectivity index (χ1v) is 7.94. The number of rotatable bonds is 2. The molecule has 1 aromatic carbocycles. The van der Waals surface area contributed by atoms with Gasteiger partial charge in [-0.2, -0.15) is 0 Å². The molecule has 1 aromatic rings. The van der Waals surface area contributed by atoms with E-state index < -0.39 is 0 Å².